The van der Waals surface area contributed by atoms with Gasteiger partial charge in [0.05, 0.1) is 11.0 Å². The second kappa shape index (κ2) is 9.83. The van der Waals surface area contributed by atoms with Gasteiger partial charge in [-0.1, -0.05) is 30.3 Å². The number of benzene rings is 2. The molecular weight excluding hydrogens is 425 g/mol. The number of hydrogen-bond donors (Lipinski definition) is 3. The molecule has 8 nitrogen and oxygen atoms in total. The van der Waals surface area contributed by atoms with Crippen molar-refractivity contribution in [2.45, 2.75) is 12.7 Å². The van der Waals surface area contributed by atoms with E-state index in [1.807, 2.05) is 18.2 Å². The number of hydrogen-bond acceptors (Lipinski definition) is 6. The molecule has 0 aromatic heterocycles. The lowest BCUT2D eigenvalue weighted by Gasteiger charge is -2.15. The molecule has 1 amide bonds. The monoisotopic (exact) mass is 441 g/mol. The number of ether oxygens (including phenoxy) is 1. The number of nitro groups is 1. The Bertz CT molecular complexity index is 807. The summed E-state index contributed by atoms with van der Waals surface area (Å²) in [6, 6.07) is 11.4. The van der Waals surface area contributed by atoms with Crippen LogP contribution in [0.3, 0.4) is 0 Å². The number of aliphatic hydroxyl groups is 1. The number of halogens is 2. The van der Waals surface area contributed by atoms with Crippen LogP contribution in [0.1, 0.15) is 5.56 Å². The largest absolute Gasteiger partial charge is 0.445 e. The summed E-state index contributed by atoms with van der Waals surface area (Å²) in [5.74, 6) is -0.997. The maximum Gasteiger partial charge on any atom is 0.407 e. The number of carbonyl (C=O) groups is 1. The van der Waals surface area contributed by atoms with E-state index in [-0.39, 0.29) is 29.9 Å². The Morgan fingerprint density at radius 1 is 1.26 bits per heavy atom. The molecule has 1 unspecified atom stereocenters. The van der Waals surface area contributed by atoms with Crippen molar-refractivity contribution in [2.75, 3.05) is 18.4 Å². The second-order valence-corrected chi connectivity index (χ2v) is 6.34. The molecule has 144 valence electrons. The highest BCUT2D eigenvalue weighted by Gasteiger charge is 2.23. The van der Waals surface area contributed by atoms with Crippen molar-refractivity contribution in [3.05, 3.63) is 68.4 Å². The summed E-state index contributed by atoms with van der Waals surface area (Å²) in [5, 5.41) is 25.9. The predicted molar refractivity (Wildman–Crippen MR) is 99.9 cm³/mol. The molecule has 0 aliphatic rings. The highest BCUT2D eigenvalue weighted by atomic mass is 79.9. The highest BCUT2D eigenvalue weighted by Crippen LogP contribution is 2.34. The van der Waals surface area contributed by atoms with Crippen LogP contribution in [0, 0.1) is 15.9 Å². The van der Waals surface area contributed by atoms with Crippen molar-refractivity contribution >= 4 is 33.4 Å². The smallest absolute Gasteiger partial charge is 0.407 e. The fourth-order valence-electron chi connectivity index (χ4n) is 2.16. The first-order chi connectivity index (χ1) is 12.9. The molecule has 0 heterocycles. The van der Waals surface area contributed by atoms with E-state index in [0.29, 0.717) is 0 Å². The van der Waals surface area contributed by atoms with E-state index in [1.165, 1.54) is 6.07 Å². The molecule has 0 saturated heterocycles. The van der Waals surface area contributed by atoms with Crippen molar-refractivity contribution < 1.29 is 24.0 Å². The summed E-state index contributed by atoms with van der Waals surface area (Å²) in [5.41, 5.74) is -0.00404. The zero-order chi connectivity index (χ0) is 19.8. The fraction of sp³-hybridized carbons (Fsp3) is 0.235. The van der Waals surface area contributed by atoms with Crippen LogP contribution in [0.2, 0.25) is 0 Å². The quantitative estimate of drug-likeness (QED) is 0.428. The van der Waals surface area contributed by atoms with Crippen molar-refractivity contribution in [2.24, 2.45) is 0 Å². The summed E-state index contributed by atoms with van der Waals surface area (Å²) in [4.78, 5) is 21.8. The average molecular weight is 442 g/mol. The highest BCUT2D eigenvalue weighted by molar-refractivity contribution is 9.10. The van der Waals surface area contributed by atoms with E-state index < -0.39 is 28.6 Å². The van der Waals surface area contributed by atoms with E-state index in [2.05, 4.69) is 26.6 Å². The Labute approximate surface area is 162 Å². The van der Waals surface area contributed by atoms with Crippen LogP contribution in [0.5, 0.6) is 0 Å². The summed E-state index contributed by atoms with van der Waals surface area (Å²) < 4.78 is 18.9. The van der Waals surface area contributed by atoms with Gasteiger partial charge in [0.2, 0.25) is 5.82 Å². The summed E-state index contributed by atoms with van der Waals surface area (Å²) in [6.07, 6.45) is -1.79. The fourth-order valence-corrected chi connectivity index (χ4v) is 2.62. The van der Waals surface area contributed by atoms with Gasteiger partial charge in [-0.2, -0.15) is 4.39 Å². The second-order valence-electron chi connectivity index (χ2n) is 5.49. The van der Waals surface area contributed by atoms with Crippen molar-refractivity contribution in [1.29, 1.82) is 0 Å². The molecule has 0 radical (unpaired) electrons. The van der Waals surface area contributed by atoms with E-state index >= 15 is 0 Å². The van der Waals surface area contributed by atoms with Crippen LogP contribution in [0.4, 0.5) is 20.6 Å². The lowest BCUT2D eigenvalue weighted by atomic mass is 10.2. The Kier molecular flexibility index (Phi) is 7.50. The minimum absolute atomic E-state index is 0.0868. The standard InChI is InChI=1S/C17H17BrFN3O5/c18-13-6-7-14(19)16(22(25)26)15(13)20-8-12(23)9-21-17(24)27-10-11-4-2-1-3-5-11/h1-7,12,20,23H,8-10H2,(H,21,24). The Balaban J connectivity index is 1.81. The number of anilines is 1. The minimum atomic E-state index is -1.08. The zero-order valence-electron chi connectivity index (χ0n) is 14.0. The van der Waals surface area contributed by atoms with Crippen molar-refractivity contribution in [3.8, 4) is 0 Å². The summed E-state index contributed by atoms with van der Waals surface area (Å²) in [7, 11) is 0. The number of nitro benzene ring substituents is 1. The van der Waals surface area contributed by atoms with Crippen LogP contribution < -0.4 is 10.6 Å². The third-order valence-corrected chi connectivity index (χ3v) is 4.13. The van der Waals surface area contributed by atoms with Crippen molar-refractivity contribution in [3.63, 3.8) is 0 Å². The van der Waals surface area contributed by atoms with E-state index in [9.17, 15) is 24.4 Å². The molecule has 0 aliphatic heterocycles. The molecule has 0 fully saturated rings. The van der Waals surface area contributed by atoms with Crippen LogP contribution in [0.25, 0.3) is 0 Å². The number of aliphatic hydroxyl groups excluding tert-OH is 1. The lowest BCUT2D eigenvalue weighted by molar-refractivity contribution is -0.386. The van der Waals surface area contributed by atoms with Crippen LogP contribution in [0.15, 0.2) is 46.9 Å². The molecule has 27 heavy (non-hydrogen) atoms. The van der Waals surface area contributed by atoms with Gasteiger partial charge in [-0.05, 0) is 33.6 Å². The minimum Gasteiger partial charge on any atom is -0.445 e. The van der Waals surface area contributed by atoms with Gasteiger partial charge >= 0.3 is 11.8 Å². The zero-order valence-corrected chi connectivity index (χ0v) is 15.6. The maximum atomic E-state index is 13.6. The van der Waals surface area contributed by atoms with Gasteiger partial charge in [0.1, 0.15) is 12.3 Å². The third kappa shape index (κ3) is 6.19. The Morgan fingerprint density at radius 2 is 1.96 bits per heavy atom. The first kappa shape index (κ1) is 20.6. The number of nitrogens with zero attached hydrogens (tertiary/aromatic N) is 1. The normalized spacial score (nSPS) is 11.5. The summed E-state index contributed by atoms with van der Waals surface area (Å²) >= 11 is 3.10. The van der Waals surface area contributed by atoms with Gasteiger partial charge in [-0.3, -0.25) is 10.1 Å². The molecule has 2 rings (SSSR count). The van der Waals surface area contributed by atoms with Gasteiger partial charge in [0.15, 0.2) is 0 Å². The van der Waals surface area contributed by atoms with Gasteiger partial charge < -0.3 is 20.5 Å². The Morgan fingerprint density at radius 3 is 2.63 bits per heavy atom. The predicted octanol–water partition coefficient (Wildman–Crippen LogP) is 3.20. The van der Waals surface area contributed by atoms with Gasteiger partial charge in [0, 0.05) is 17.6 Å². The molecule has 0 spiro atoms. The van der Waals surface area contributed by atoms with E-state index in [4.69, 9.17) is 4.74 Å². The molecule has 0 aliphatic carbocycles. The van der Waals surface area contributed by atoms with Gasteiger partial charge in [0.25, 0.3) is 0 Å². The van der Waals surface area contributed by atoms with Gasteiger partial charge in [-0.25, -0.2) is 4.79 Å². The molecule has 3 N–H and O–H groups in total. The molecule has 2 aromatic carbocycles. The average Bonchev–Trinajstić information content (AvgIpc) is 2.65. The molecule has 0 bridgehead atoms. The molecule has 0 saturated carbocycles. The number of rotatable bonds is 8. The van der Waals surface area contributed by atoms with E-state index in [0.717, 1.165) is 11.6 Å². The third-order valence-electron chi connectivity index (χ3n) is 3.47. The SMILES string of the molecule is O=C(NCC(O)CNc1c(Br)ccc(F)c1[N+](=O)[O-])OCc1ccccc1. The van der Waals surface area contributed by atoms with Gasteiger partial charge in [-0.15, -0.1) is 0 Å². The molecular formula is C17H17BrFN3O5. The van der Waals surface area contributed by atoms with Crippen molar-refractivity contribution in [1.82, 2.24) is 5.32 Å². The molecule has 2 aromatic rings. The molecule has 1 atom stereocenters. The summed E-state index contributed by atoms with van der Waals surface area (Å²) in [6.45, 7) is -0.216. The number of alkyl carbamates (subject to hydrolysis) is 1. The first-order valence-electron chi connectivity index (χ1n) is 7.87. The van der Waals surface area contributed by atoms with Crippen LogP contribution in [-0.4, -0.2) is 35.3 Å². The molecule has 10 heteroatoms. The first-order valence-corrected chi connectivity index (χ1v) is 8.66. The Hall–Kier alpha value is -2.72. The number of carbonyl (C=O) groups excluding carboxylic acids is 1. The number of nitrogens with one attached hydrogen (secondary N) is 2. The maximum absolute atomic E-state index is 13.6. The van der Waals surface area contributed by atoms with E-state index in [1.54, 1.807) is 12.1 Å². The van der Waals surface area contributed by atoms with Crippen LogP contribution >= 0.6 is 15.9 Å². The topological polar surface area (TPSA) is 114 Å². The number of amides is 1. The lowest BCUT2D eigenvalue weighted by Crippen LogP contribution is -2.36. The van der Waals surface area contributed by atoms with Crippen LogP contribution in [-0.2, 0) is 11.3 Å².